The Morgan fingerprint density at radius 2 is 1.79 bits per heavy atom. The molecule has 4 nitrogen and oxygen atoms in total. The zero-order valence-electron chi connectivity index (χ0n) is 17.0. The Bertz CT molecular complexity index is 1110. The Labute approximate surface area is 184 Å². The Hall–Kier alpha value is -1.66. The number of benzene rings is 2. The van der Waals surface area contributed by atoms with Crippen molar-refractivity contribution in [2.24, 2.45) is 4.99 Å². The van der Waals surface area contributed by atoms with Crippen molar-refractivity contribution in [2.45, 2.75) is 40.7 Å². The molecule has 7 heteroatoms. The van der Waals surface area contributed by atoms with Crippen molar-refractivity contribution in [3.8, 4) is 0 Å². The Morgan fingerprint density at radius 3 is 2.45 bits per heavy atom. The first-order valence-corrected chi connectivity index (χ1v) is 11.1. The summed E-state index contributed by atoms with van der Waals surface area (Å²) >= 11 is 14.2. The van der Waals surface area contributed by atoms with E-state index in [-0.39, 0.29) is 12.3 Å². The van der Waals surface area contributed by atoms with Crippen LogP contribution in [0.25, 0.3) is 10.2 Å². The van der Waals surface area contributed by atoms with Gasteiger partial charge in [0.2, 0.25) is 0 Å². The number of aryl methyl sites for hydroxylation is 3. The molecule has 0 unspecified atom stereocenters. The Kier molecular flexibility index (Phi) is 7.17. The van der Waals surface area contributed by atoms with Crippen LogP contribution in [-0.2, 0) is 22.5 Å². The zero-order chi connectivity index (χ0) is 21.1. The van der Waals surface area contributed by atoms with E-state index in [1.54, 1.807) is 12.1 Å². The van der Waals surface area contributed by atoms with E-state index in [9.17, 15) is 4.79 Å². The molecule has 1 amide bonds. The van der Waals surface area contributed by atoms with Crippen molar-refractivity contribution in [1.29, 1.82) is 0 Å². The first-order valence-electron chi connectivity index (χ1n) is 9.51. The average Bonchev–Trinajstić information content (AvgIpc) is 3.01. The maximum absolute atomic E-state index is 12.8. The highest BCUT2D eigenvalue weighted by Gasteiger charge is 2.15. The van der Waals surface area contributed by atoms with Crippen LogP contribution >= 0.6 is 34.5 Å². The second-order valence-electron chi connectivity index (χ2n) is 7.00. The molecule has 1 aromatic heterocycles. The van der Waals surface area contributed by atoms with E-state index in [0.717, 1.165) is 26.9 Å². The molecule has 0 saturated carbocycles. The third-order valence-corrected chi connectivity index (χ3v) is 6.62. The van der Waals surface area contributed by atoms with Gasteiger partial charge in [0.1, 0.15) is 0 Å². The van der Waals surface area contributed by atoms with Gasteiger partial charge in [0, 0.05) is 13.2 Å². The molecule has 0 N–H and O–H groups in total. The maximum Gasteiger partial charge on any atom is 0.252 e. The first-order chi connectivity index (χ1) is 13.8. The minimum absolute atomic E-state index is 0.191. The van der Waals surface area contributed by atoms with E-state index in [4.69, 9.17) is 27.9 Å². The molecule has 29 heavy (non-hydrogen) atoms. The topological polar surface area (TPSA) is 43.6 Å². The molecule has 0 fully saturated rings. The molecular formula is C22H24Cl2N2O2S. The molecule has 1 heterocycles. The van der Waals surface area contributed by atoms with E-state index < -0.39 is 0 Å². The molecule has 3 rings (SSSR count). The number of carbonyl (C=O) groups is 1. The van der Waals surface area contributed by atoms with Gasteiger partial charge < -0.3 is 9.30 Å². The van der Waals surface area contributed by atoms with Crippen LogP contribution in [0.4, 0.5) is 0 Å². The molecule has 3 aromatic rings. The summed E-state index contributed by atoms with van der Waals surface area (Å²) in [6, 6.07) is 7.72. The zero-order valence-corrected chi connectivity index (χ0v) is 19.3. The number of halogens is 2. The van der Waals surface area contributed by atoms with Gasteiger partial charge in [0.05, 0.1) is 33.3 Å². The lowest BCUT2D eigenvalue weighted by Gasteiger charge is -2.09. The average molecular weight is 451 g/mol. The number of hydrogen-bond acceptors (Lipinski definition) is 3. The van der Waals surface area contributed by atoms with Gasteiger partial charge in [-0.15, -0.1) is 0 Å². The molecule has 0 aliphatic carbocycles. The van der Waals surface area contributed by atoms with E-state index in [2.05, 4.69) is 24.0 Å². The van der Waals surface area contributed by atoms with E-state index in [1.807, 2.05) is 25.3 Å². The fourth-order valence-corrected chi connectivity index (χ4v) is 5.18. The van der Waals surface area contributed by atoms with Crippen molar-refractivity contribution in [3.63, 3.8) is 0 Å². The largest absolute Gasteiger partial charge is 0.380 e. The van der Waals surface area contributed by atoms with Crippen LogP contribution in [0.3, 0.4) is 0 Å². The van der Waals surface area contributed by atoms with Gasteiger partial charge >= 0.3 is 0 Å². The fraction of sp³-hybridized carbons (Fsp3) is 0.364. The predicted molar refractivity (Wildman–Crippen MR) is 121 cm³/mol. The number of ether oxygens (including phenoxy) is 1. The van der Waals surface area contributed by atoms with Gasteiger partial charge in [0.25, 0.3) is 5.91 Å². The van der Waals surface area contributed by atoms with Gasteiger partial charge in [-0.05, 0) is 56.5 Å². The highest BCUT2D eigenvalue weighted by molar-refractivity contribution is 7.17. The minimum atomic E-state index is -0.191. The number of aromatic nitrogens is 1. The number of rotatable bonds is 6. The summed E-state index contributed by atoms with van der Waals surface area (Å²) in [5.74, 6) is -0.191. The molecule has 0 radical (unpaired) electrons. The summed E-state index contributed by atoms with van der Waals surface area (Å²) in [6.45, 7) is 9.73. The highest BCUT2D eigenvalue weighted by Crippen LogP contribution is 2.32. The lowest BCUT2D eigenvalue weighted by Crippen LogP contribution is -2.20. The van der Waals surface area contributed by atoms with Crippen molar-refractivity contribution < 1.29 is 9.53 Å². The van der Waals surface area contributed by atoms with Gasteiger partial charge in [-0.3, -0.25) is 4.79 Å². The van der Waals surface area contributed by atoms with Crippen LogP contribution < -0.4 is 4.80 Å². The molecule has 0 saturated heterocycles. The second kappa shape index (κ2) is 9.43. The summed E-state index contributed by atoms with van der Waals surface area (Å²) in [5, 5.41) is 1.18. The summed E-state index contributed by atoms with van der Waals surface area (Å²) in [4.78, 5) is 17.8. The predicted octanol–water partition coefficient (Wildman–Crippen LogP) is 5.64. The fourth-order valence-electron chi connectivity index (χ4n) is 3.49. The van der Waals surface area contributed by atoms with Crippen molar-refractivity contribution >= 4 is 50.7 Å². The smallest absolute Gasteiger partial charge is 0.252 e. The lowest BCUT2D eigenvalue weighted by molar-refractivity contribution is -0.117. The molecule has 0 aliphatic rings. The number of fused-ring (bicyclic) bond motifs is 1. The van der Waals surface area contributed by atoms with E-state index in [0.29, 0.717) is 34.6 Å². The normalized spacial score (nSPS) is 12.1. The number of carbonyl (C=O) groups excluding carboxylic acids is 1. The summed E-state index contributed by atoms with van der Waals surface area (Å²) < 4.78 is 8.26. The van der Waals surface area contributed by atoms with Gasteiger partial charge in [-0.1, -0.05) is 52.2 Å². The van der Waals surface area contributed by atoms with Crippen LogP contribution in [0.15, 0.2) is 29.3 Å². The molecule has 154 valence electrons. The molecule has 2 aromatic carbocycles. The van der Waals surface area contributed by atoms with Crippen LogP contribution in [0.2, 0.25) is 10.0 Å². The molecule has 0 bridgehead atoms. The van der Waals surface area contributed by atoms with Crippen LogP contribution in [0.5, 0.6) is 0 Å². The van der Waals surface area contributed by atoms with Crippen molar-refractivity contribution in [3.05, 3.63) is 61.4 Å². The Balaban J connectivity index is 2.05. The van der Waals surface area contributed by atoms with Gasteiger partial charge in [0.15, 0.2) is 4.80 Å². The Morgan fingerprint density at radius 1 is 1.14 bits per heavy atom. The molecule has 0 atom stereocenters. The number of nitrogens with zero attached hydrogens (tertiary/aromatic N) is 2. The SMILES string of the molecule is CCOCCn1c(=NC(=O)Cc2c(C)cc(C)cc2C)sc2c(Cl)ccc(Cl)c21. The standard InChI is InChI=1S/C22H24Cl2N2O2S/c1-5-28-9-8-26-20-17(23)6-7-18(24)21(20)29-22(26)25-19(27)12-16-14(3)10-13(2)11-15(16)4/h6-7,10-11H,5,8-9,12H2,1-4H3. The monoisotopic (exact) mass is 450 g/mol. The molecular weight excluding hydrogens is 427 g/mol. The summed E-state index contributed by atoms with van der Waals surface area (Å²) in [6.07, 6.45) is 0.263. The van der Waals surface area contributed by atoms with Gasteiger partial charge in [-0.25, -0.2) is 0 Å². The van der Waals surface area contributed by atoms with Crippen LogP contribution in [0.1, 0.15) is 29.2 Å². The third-order valence-electron chi connectivity index (χ3n) is 4.78. The summed E-state index contributed by atoms with van der Waals surface area (Å²) in [5.41, 5.74) is 5.23. The van der Waals surface area contributed by atoms with Crippen LogP contribution in [0, 0.1) is 20.8 Å². The third kappa shape index (κ3) is 4.92. The molecule has 0 spiro atoms. The maximum atomic E-state index is 12.8. The lowest BCUT2D eigenvalue weighted by atomic mass is 9.97. The highest BCUT2D eigenvalue weighted by atomic mass is 35.5. The quantitative estimate of drug-likeness (QED) is 0.455. The number of hydrogen-bond donors (Lipinski definition) is 0. The molecule has 0 aliphatic heterocycles. The van der Waals surface area contributed by atoms with E-state index >= 15 is 0 Å². The van der Waals surface area contributed by atoms with Gasteiger partial charge in [-0.2, -0.15) is 4.99 Å². The summed E-state index contributed by atoms with van der Waals surface area (Å²) in [7, 11) is 0. The van der Waals surface area contributed by atoms with Crippen molar-refractivity contribution in [1.82, 2.24) is 4.57 Å². The first kappa shape index (κ1) is 22.0. The number of amides is 1. The number of thiazole rings is 1. The van der Waals surface area contributed by atoms with E-state index in [1.165, 1.54) is 16.9 Å². The minimum Gasteiger partial charge on any atom is -0.380 e. The second-order valence-corrected chi connectivity index (χ2v) is 8.79. The van der Waals surface area contributed by atoms with Crippen molar-refractivity contribution in [2.75, 3.05) is 13.2 Å². The van der Waals surface area contributed by atoms with Crippen LogP contribution in [-0.4, -0.2) is 23.7 Å².